The molecule has 0 saturated carbocycles. The third kappa shape index (κ3) is 5.04. The molecular weight excluding hydrogens is 623 g/mol. The third-order valence-corrected chi connectivity index (χ3v) is 8.38. The SMILES string of the molecule is [2H]c1cc2c(oc3c([2H])c([2H])c([2H])c(-c4nc(-c5c([2H])c([2H])c([2H])c([2H])c5[2H])nc(-c5c([2H])c([2H])c(-c6cc7ccccc7c7ccccc67)c([2H])c5[2H])n4)c32)c([2H])c1-c1c([2H])c([2H])c([2H])c([2H])c1[2H]. The molecule has 10 aromatic rings. The van der Waals surface area contributed by atoms with E-state index in [0.29, 0.717) is 10.9 Å². The van der Waals surface area contributed by atoms with Gasteiger partial charge in [-0.1, -0.05) is 151 Å². The van der Waals surface area contributed by atoms with E-state index in [1.165, 1.54) is 0 Å². The normalized spacial score (nSPS) is 16.7. The average molecular weight is 671 g/mol. The van der Waals surface area contributed by atoms with Gasteiger partial charge < -0.3 is 4.42 Å². The van der Waals surface area contributed by atoms with Crippen LogP contribution in [0.4, 0.5) is 0 Å². The Hall–Kier alpha value is -6.91. The van der Waals surface area contributed by atoms with Gasteiger partial charge in [-0.05, 0) is 68.0 Å². The largest absolute Gasteiger partial charge is 0.456 e. The molecule has 8 aromatic carbocycles. The number of aromatic nitrogens is 3. The molecule has 0 aliphatic rings. The molecule has 2 aromatic heterocycles. The Bertz CT molecular complexity index is 3940. The number of hydrogen-bond acceptors (Lipinski definition) is 4. The molecule has 4 heteroatoms. The Kier molecular flexibility index (Phi) is 3.68. The fourth-order valence-electron chi connectivity index (χ4n) is 6.09. The molecule has 0 atom stereocenters. The molecule has 0 N–H and O–H groups in total. The lowest BCUT2D eigenvalue weighted by molar-refractivity contribution is 0.669. The molecule has 10 rings (SSSR count). The number of fused-ring (bicyclic) bond motifs is 6. The Morgan fingerprint density at radius 2 is 1.04 bits per heavy atom. The van der Waals surface area contributed by atoms with Crippen LogP contribution >= 0.6 is 0 Å². The van der Waals surface area contributed by atoms with E-state index >= 15 is 0 Å². The summed E-state index contributed by atoms with van der Waals surface area (Å²) in [5.41, 5.74) is -2.97. The van der Waals surface area contributed by atoms with E-state index in [4.69, 9.17) is 22.2 Å². The Morgan fingerprint density at radius 3 is 1.80 bits per heavy atom. The van der Waals surface area contributed by atoms with Gasteiger partial charge in [-0.3, -0.25) is 0 Å². The van der Waals surface area contributed by atoms with Gasteiger partial charge in [0.2, 0.25) is 0 Å². The average Bonchev–Trinajstić information content (AvgIpc) is 3.72. The Labute approximate surface area is 321 Å². The molecule has 238 valence electrons. The predicted molar refractivity (Wildman–Crippen MR) is 209 cm³/mol. The molecule has 0 saturated heterocycles. The molecular formula is C47H29N3O. The molecule has 0 bridgehead atoms. The van der Waals surface area contributed by atoms with Gasteiger partial charge in [-0.2, -0.15) is 0 Å². The molecule has 0 fully saturated rings. The zero-order valence-electron chi connectivity index (χ0n) is 45.0. The van der Waals surface area contributed by atoms with Crippen LogP contribution in [-0.4, -0.2) is 15.0 Å². The van der Waals surface area contributed by atoms with Crippen molar-refractivity contribution in [2.45, 2.75) is 0 Å². The van der Waals surface area contributed by atoms with Gasteiger partial charge in [0.1, 0.15) is 11.2 Å². The van der Waals surface area contributed by atoms with Gasteiger partial charge in [0.25, 0.3) is 0 Å². The fraction of sp³-hybridized carbons (Fsp3) is 0. The summed E-state index contributed by atoms with van der Waals surface area (Å²) >= 11 is 0. The topological polar surface area (TPSA) is 51.8 Å². The van der Waals surface area contributed by atoms with Crippen molar-refractivity contribution >= 4 is 43.5 Å². The number of benzene rings is 8. The van der Waals surface area contributed by atoms with Gasteiger partial charge in [-0.25, -0.2) is 15.0 Å². The minimum Gasteiger partial charge on any atom is -0.456 e. The molecule has 0 unspecified atom stereocenters. The van der Waals surface area contributed by atoms with E-state index in [2.05, 4.69) is 15.0 Å². The fourth-order valence-corrected chi connectivity index (χ4v) is 6.09. The highest BCUT2D eigenvalue weighted by Crippen LogP contribution is 2.39. The van der Waals surface area contributed by atoms with Crippen LogP contribution in [0, 0.1) is 0 Å². The first-order chi connectivity index (χ1) is 33.2. The third-order valence-electron chi connectivity index (χ3n) is 8.38. The highest BCUT2D eigenvalue weighted by molar-refractivity contribution is 6.14. The highest BCUT2D eigenvalue weighted by Gasteiger charge is 2.18. The van der Waals surface area contributed by atoms with Gasteiger partial charge in [0, 0.05) is 27.5 Å². The van der Waals surface area contributed by atoms with Crippen LogP contribution in [0.15, 0.2) is 180 Å². The summed E-state index contributed by atoms with van der Waals surface area (Å²) < 4.78 is 173. The van der Waals surface area contributed by atoms with Crippen LogP contribution in [0.1, 0.15) is 26.0 Å². The molecule has 0 aliphatic heterocycles. The lowest BCUT2D eigenvalue weighted by Gasteiger charge is -2.12. The van der Waals surface area contributed by atoms with Crippen LogP contribution in [0.25, 0.3) is 99.9 Å². The van der Waals surface area contributed by atoms with Crippen molar-refractivity contribution in [3.05, 3.63) is 175 Å². The van der Waals surface area contributed by atoms with Crippen molar-refractivity contribution in [3.63, 3.8) is 0 Å². The molecule has 0 amide bonds. The molecule has 51 heavy (non-hydrogen) atoms. The van der Waals surface area contributed by atoms with Crippen molar-refractivity contribution in [2.24, 2.45) is 0 Å². The summed E-state index contributed by atoms with van der Waals surface area (Å²) in [7, 11) is 0. The smallest absolute Gasteiger partial charge is 0.164 e. The van der Waals surface area contributed by atoms with Crippen LogP contribution in [0.3, 0.4) is 0 Å². The number of hydrogen-bond donors (Lipinski definition) is 0. The second kappa shape index (κ2) is 11.9. The van der Waals surface area contributed by atoms with Crippen LogP contribution < -0.4 is 0 Å². The molecule has 2 heterocycles. The summed E-state index contributed by atoms with van der Waals surface area (Å²) in [4.78, 5) is 13.5. The molecule has 0 aliphatic carbocycles. The van der Waals surface area contributed by atoms with E-state index in [1.54, 1.807) is 18.2 Å². The summed E-state index contributed by atoms with van der Waals surface area (Å²) in [6.45, 7) is 0. The molecule has 0 spiro atoms. The van der Waals surface area contributed by atoms with Gasteiger partial charge >= 0.3 is 0 Å². The van der Waals surface area contributed by atoms with E-state index in [0.717, 1.165) is 22.2 Å². The lowest BCUT2D eigenvalue weighted by atomic mass is 9.93. The standard InChI is InChI=1S/C47H29N3O/c1-3-12-30(13-4-1)34-26-27-39-43(29-34)51-42-21-11-20-40(44(39)42)47-49-45(32-14-5-2-6-15-32)48-46(50-47)33-24-22-31(23-25-33)41-28-35-16-7-8-17-36(35)37-18-9-10-19-38(37)41/h1-29H/i1D,2D,3D,4D,5D,6D,11D,12D,13D,14D,15D,20D,21D,22D,23D,24D,25D,26D,29D. The van der Waals surface area contributed by atoms with Gasteiger partial charge in [0.15, 0.2) is 17.5 Å². The van der Waals surface area contributed by atoms with Crippen LogP contribution in [0.2, 0.25) is 0 Å². The summed E-state index contributed by atoms with van der Waals surface area (Å²) in [6, 6.07) is 4.47. The monoisotopic (exact) mass is 670 g/mol. The molecule has 4 nitrogen and oxygen atoms in total. The summed E-state index contributed by atoms with van der Waals surface area (Å²) in [6.07, 6.45) is 0. The highest BCUT2D eigenvalue weighted by atomic mass is 16.3. The second-order valence-corrected chi connectivity index (χ2v) is 11.3. The maximum Gasteiger partial charge on any atom is 0.164 e. The maximum atomic E-state index is 9.43. The molecule has 0 radical (unpaired) electrons. The summed E-state index contributed by atoms with van der Waals surface area (Å²) in [5, 5.41) is 2.69. The first kappa shape index (κ1) is 15.8. The van der Waals surface area contributed by atoms with Crippen LogP contribution in [0.5, 0.6) is 0 Å². The van der Waals surface area contributed by atoms with Gasteiger partial charge in [0.05, 0.1) is 26.0 Å². The number of rotatable bonds is 5. The quantitative estimate of drug-likeness (QED) is 0.171. The van der Waals surface area contributed by atoms with Gasteiger partial charge in [-0.15, -0.1) is 0 Å². The second-order valence-electron chi connectivity index (χ2n) is 11.3. The lowest BCUT2D eigenvalue weighted by Crippen LogP contribution is -2.00. The van der Waals surface area contributed by atoms with E-state index in [-0.39, 0.29) is 16.3 Å². The van der Waals surface area contributed by atoms with E-state index in [1.807, 2.05) is 36.4 Å². The zero-order chi connectivity index (χ0) is 50.3. The van der Waals surface area contributed by atoms with Crippen molar-refractivity contribution < 1.29 is 30.5 Å². The Morgan fingerprint density at radius 1 is 0.412 bits per heavy atom. The van der Waals surface area contributed by atoms with Crippen molar-refractivity contribution in [2.75, 3.05) is 0 Å². The maximum absolute atomic E-state index is 9.43. The van der Waals surface area contributed by atoms with E-state index < -0.39 is 171 Å². The van der Waals surface area contributed by atoms with Crippen molar-refractivity contribution in [3.8, 4) is 56.4 Å². The first-order valence-corrected chi connectivity index (χ1v) is 15.6. The summed E-state index contributed by atoms with van der Waals surface area (Å²) in [5.74, 6) is -1.87. The van der Waals surface area contributed by atoms with Crippen LogP contribution in [-0.2, 0) is 0 Å². The zero-order valence-corrected chi connectivity index (χ0v) is 26.0. The van der Waals surface area contributed by atoms with Crippen molar-refractivity contribution in [1.29, 1.82) is 0 Å². The minimum atomic E-state index is -0.784. The van der Waals surface area contributed by atoms with Crippen molar-refractivity contribution in [1.82, 2.24) is 15.0 Å². The predicted octanol–water partition coefficient (Wildman–Crippen LogP) is 12.4. The Balaban J connectivity index is 1.30. The number of furan rings is 1. The van der Waals surface area contributed by atoms with E-state index in [9.17, 15) is 8.22 Å². The number of nitrogens with zero attached hydrogens (tertiary/aromatic N) is 3. The first-order valence-electron chi connectivity index (χ1n) is 25.1. The minimum absolute atomic E-state index is 0.0638.